The van der Waals surface area contributed by atoms with Gasteiger partial charge in [0.2, 0.25) is 11.8 Å². The van der Waals surface area contributed by atoms with Crippen LogP contribution >= 0.6 is 0 Å². The standard InChI is InChI=1S/C18H22N4O5/c1-21-14-10-11(4-2-3-9-19-17(25)26)5-6-12(14)22(18(21)27)13-7-8-15(23)20-16(13)24/h5-6,10,13,19H,2-4,7-9H2,1H3,(H,25,26)(H,20,23,24). The lowest BCUT2D eigenvalue weighted by molar-refractivity contribution is -0.135. The quantitative estimate of drug-likeness (QED) is 0.512. The van der Waals surface area contributed by atoms with E-state index in [1.807, 2.05) is 18.2 Å². The number of imidazole rings is 1. The lowest BCUT2D eigenvalue weighted by Crippen LogP contribution is -2.44. The summed E-state index contributed by atoms with van der Waals surface area (Å²) >= 11 is 0. The molecule has 1 atom stereocenters. The number of piperidine rings is 1. The molecule has 1 aliphatic heterocycles. The Hall–Kier alpha value is -3.10. The maximum atomic E-state index is 12.7. The highest BCUT2D eigenvalue weighted by Gasteiger charge is 2.31. The number of benzene rings is 1. The number of fused-ring (bicyclic) bond motifs is 1. The summed E-state index contributed by atoms with van der Waals surface area (Å²) < 4.78 is 2.96. The smallest absolute Gasteiger partial charge is 0.404 e. The molecule has 1 saturated heterocycles. The minimum absolute atomic E-state index is 0.210. The number of hydrogen-bond acceptors (Lipinski definition) is 4. The van der Waals surface area contributed by atoms with E-state index < -0.39 is 18.0 Å². The maximum Gasteiger partial charge on any atom is 0.404 e. The van der Waals surface area contributed by atoms with E-state index in [-0.39, 0.29) is 18.0 Å². The van der Waals surface area contributed by atoms with Gasteiger partial charge in [0, 0.05) is 20.0 Å². The molecular formula is C18H22N4O5. The van der Waals surface area contributed by atoms with E-state index in [1.165, 1.54) is 9.13 Å². The van der Waals surface area contributed by atoms with Crippen LogP contribution in [0.2, 0.25) is 0 Å². The summed E-state index contributed by atoms with van der Waals surface area (Å²) in [4.78, 5) is 46.7. The minimum atomic E-state index is -1.03. The van der Waals surface area contributed by atoms with Crippen LogP contribution in [-0.2, 0) is 23.1 Å². The van der Waals surface area contributed by atoms with E-state index in [2.05, 4.69) is 10.6 Å². The first-order valence-corrected chi connectivity index (χ1v) is 8.89. The van der Waals surface area contributed by atoms with Gasteiger partial charge in [0.15, 0.2) is 0 Å². The van der Waals surface area contributed by atoms with Crippen molar-refractivity contribution in [3.8, 4) is 0 Å². The summed E-state index contributed by atoms with van der Waals surface area (Å²) in [7, 11) is 1.66. The van der Waals surface area contributed by atoms with Crippen molar-refractivity contribution < 1.29 is 19.5 Å². The van der Waals surface area contributed by atoms with Crippen LogP contribution in [0, 0.1) is 0 Å². The number of nitrogens with zero attached hydrogens (tertiary/aromatic N) is 2. The summed E-state index contributed by atoms with van der Waals surface area (Å²) in [5.74, 6) is -0.764. The van der Waals surface area contributed by atoms with E-state index in [4.69, 9.17) is 5.11 Å². The molecule has 1 unspecified atom stereocenters. The molecule has 2 heterocycles. The normalized spacial score (nSPS) is 17.1. The Balaban J connectivity index is 1.81. The summed E-state index contributed by atoms with van der Waals surface area (Å²) in [5.41, 5.74) is 2.13. The molecule has 2 aromatic rings. The second-order valence-electron chi connectivity index (χ2n) is 6.69. The molecule has 0 radical (unpaired) electrons. The van der Waals surface area contributed by atoms with Gasteiger partial charge in [-0.2, -0.15) is 0 Å². The summed E-state index contributed by atoms with van der Waals surface area (Å²) in [5, 5.41) is 13.2. The highest BCUT2D eigenvalue weighted by Crippen LogP contribution is 2.24. The lowest BCUT2D eigenvalue weighted by atomic mass is 10.0. The molecule has 1 fully saturated rings. The van der Waals surface area contributed by atoms with Gasteiger partial charge in [-0.15, -0.1) is 0 Å². The summed E-state index contributed by atoms with van der Waals surface area (Å²) in [6.45, 7) is 0.405. The van der Waals surface area contributed by atoms with Gasteiger partial charge in [0.05, 0.1) is 11.0 Å². The van der Waals surface area contributed by atoms with Gasteiger partial charge in [-0.05, 0) is 43.4 Å². The van der Waals surface area contributed by atoms with E-state index in [0.717, 1.165) is 30.3 Å². The predicted molar refractivity (Wildman–Crippen MR) is 97.6 cm³/mol. The summed E-state index contributed by atoms with van der Waals surface area (Å²) in [6, 6.07) is 4.97. The third-order valence-electron chi connectivity index (χ3n) is 4.84. The number of carboxylic acid groups (broad SMARTS) is 1. The maximum absolute atomic E-state index is 12.7. The molecule has 1 aromatic carbocycles. The van der Waals surface area contributed by atoms with Crippen molar-refractivity contribution in [2.24, 2.45) is 7.05 Å². The number of aromatic nitrogens is 2. The number of carbonyl (C=O) groups excluding carboxylic acids is 2. The predicted octanol–water partition coefficient (Wildman–Crippen LogP) is 0.908. The van der Waals surface area contributed by atoms with Gasteiger partial charge in [0.1, 0.15) is 6.04 Å². The first kappa shape index (κ1) is 18.7. The molecule has 0 bridgehead atoms. The van der Waals surface area contributed by atoms with E-state index in [0.29, 0.717) is 18.5 Å². The fourth-order valence-corrected chi connectivity index (χ4v) is 3.44. The number of carbonyl (C=O) groups is 3. The largest absolute Gasteiger partial charge is 0.465 e. The highest BCUT2D eigenvalue weighted by molar-refractivity contribution is 6.00. The molecule has 9 nitrogen and oxygen atoms in total. The van der Waals surface area contributed by atoms with Crippen molar-refractivity contribution in [1.82, 2.24) is 19.8 Å². The molecule has 1 aliphatic rings. The summed E-state index contributed by atoms with van der Waals surface area (Å²) in [6.07, 6.45) is 1.79. The zero-order valence-corrected chi connectivity index (χ0v) is 15.0. The van der Waals surface area contributed by atoms with Crippen LogP contribution in [0.15, 0.2) is 23.0 Å². The molecule has 1 aromatic heterocycles. The van der Waals surface area contributed by atoms with E-state index >= 15 is 0 Å². The lowest BCUT2D eigenvalue weighted by Gasteiger charge is -2.21. The average Bonchev–Trinajstić information content (AvgIpc) is 2.86. The topological polar surface area (TPSA) is 122 Å². The molecule has 0 saturated carbocycles. The van der Waals surface area contributed by atoms with Crippen molar-refractivity contribution in [2.45, 2.75) is 38.1 Å². The number of unbranched alkanes of at least 4 members (excludes halogenated alkanes) is 1. The van der Waals surface area contributed by atoms with Gasteiger partial charge >= 0.3 is 11.8 Å². The van der Waals surface area contributed by atoms with Crippen LogP contribution in [0.1, 0.15) is 37.3 Å². The van der Waals surface area contributed by atoms with Crippen LogP contribution in [-0.4, -0.2) is 38.7 Å². The van der Waals surface area contributed by atoms with Crippen molar-refractivity contribution in [3.63, 3.8) is 0 Å². The van der Waals surface area contributed by atoms with Gasteiger partial charge in [-0.1, -0.05) is 6.07 Å². The first-order valence-electron chi connectivity index (χ1n) is 8.89. The number of aryl methyl sites for hydroxylation is 2. The monoisotopic (exact) mass is 374 g/mol. The third-order valence-corrected chi connectivity index (χ3v) is 4.84. The van der Waals surface area contributed by atoms with Crippen LogP contribution in [0.3, 0.4) is 0 Å². The first-order chi connectivity index (χ1) is 12.9. The van der Waals surface area contributed by atoms with Crippen LogP contribution in [0.5, 0.6) is 0 Å². The Kier molecular flexibility index (Phi) is 5.29. The fraction of sp³-hybridized carbons (Fsp3) is 0.444. The van der Waals surface area contributed by atoms with Crippen molar-refractivity contribution in [1.29, 1.82) is 0 Å². The molecule has 144 valence electrons. The second kappa shape index (κ2) is 7.65. The number of hydrogen-bond donors (Lipinski definition) is 3. The van der Waals surface area contributed by atoms with Crippen LogP contribution in [0.4, 0.5) is 4.79 Å². The zero-order chi connectivity index (χ0) is 19.6. The molecule has 3 N–H and O–H groups in total. The van der Waals surface area contributed by atoms with Gasteiger partial charge in [-0.25, -0.2) is 9.59 Å². The number of rotatable bonds is 6. The molecule has 9 heteroatoms. The molecule has 3 rings (SSSR count). The highest BCUT2D eigenvalue weighted by atomic mass is 16.4. The number of nitrogens with one attached hydrogen (secondary N) is 2. The van der Waals surface area contributed by atoms with E-state index in [9.17, 15) is 19.2 Å². The second-order valence-corrected chi connectivity index (χ2v) is 6.69. The van der Waals surface area contributed by atoms with Crippen LogP contribution < -0.4 is 16.3 Å². The zero-order valence-electron chi connectivity index (χ0n) is 15.0. The van der Waals surface area contributed by atoms with Crippen molar-refractivity contribution in [3.05, 3.63) is 34.2 Å². The van der Waals surface area contributed by atoms with E-state index in [1.54, 1.807) is 7.05 Å². The Morgan fingerprint density at radius 1 is 1.26 bits per heavy atom. The average molecular weight is 374 g/mol. The Labute approximate surface area is 155 Å². The molecule has 0 spiro atoms. The fourth-order valence-electron chi connectivity index (χ4n) is 3.44. The Bertz CT molecular complexity index is 959. The van der Waals surface area contributed by atoms with Gasteiger partial charge in [0.25, 0.3) is 0 Å². The van der Waals surface area contributed by atoms with Crippen LogP contribution in [0.25, 0.3) is 11.0 Å². The molecule has 27 heavy (non-hydrogen) atoms. The Morgan fingerprint density at radius 2 is 2.04 bits per heavy atom. The van der Waals surface area contributed by atoms with Crippen molar-refractivity contribution >= 4 is 28.9 Å². The van der Waals surface area contributed by atoms with Crippen molar-refractivity contribution in [2.75, 3.05) is 6.54 Å². The Morgan fingerprint density at radius 3 is 2.74 bits per heavy atom. The molecular weight excluding hydrogens is 352 g/mol. The van der Waals surface area contributed by atoms with Gasteiger partial charge in [-0.3, -0.25) is 24.0 Å². The SMILES string of the molecule is Cn1c(=O)n(C2CCC(=O)NC2=O)c2ccc(CCCCNC(=O)O)cc21. The minimum Gasteiger partial charge on any atom is -0.465 e. The molecule has 0 aliphatic carbocycles. The number of amides is 3. The van der Waals surface area contributed by atoms with Gasteiger partial charge < -0.3 is 10.4 Å². The third kappa shape index (κ3) is 3.86. The molecule has 3 amide bonds. The number of imide groups is 1.